The molecule has 0 bridgehead atoms. The fourth-order valence-electron chi connectivity index (χ4n) is 13.1. The topological polar surface area (TPSA) is 16.4 Å². The summed E-state index contributed by atoms with van der Waals surface area (Å²) in [4.78, 5) is 2.39. The molecule has 0 unspecified atom stereocenters. The highest BCUT2D eigenvalue weighted by Crippen LogP contribution is 2.58. The second-order valence-corrected chi connectivity index (χ2v) is 21.6. The van der Waals surface area contributed by atoms with Gasteiger partial charge in [-0.2, -0.15) is 0 Å². The Kier molecular flexibility index (Phi) is 10.1. The number of benzene rings is 13. The van der Waals surface area contributed by atoms with Gasteiger partial charge >= 0.3 is 0 Å². The van der Waals surface area contributed by atoms with Crippen LogP contribution in [0.5, 0.6) is 0 Å². The van der Waals surface area contributed by atoms with Gasteiger partial charge in [-0.15, -0.1) is 11.3 Å². The largest absolute Gasteiger partial charge is 0.455 e. The summed E-state index contributed by atoms with van der Waals surface area (Å²) in [6.07, 6.45) is 0. The SMILES string of the molecule is c1ccc(C2(c3ccccc3)c3ccccc3-c3c(-c4ccc(N(c5ccc(-c6cccc7c6oc6c8ccccc8ccc76)cc5)c5ccc(-c6cccc7c6sc6c8ccccc8ccc76)cc5)cc4)cccc32)cc1. The van der Waals surface area contributed by atoms with Crippen LogP contribution < -0.4 is 4.90 Å². The maximum Gasteiger partial charge on any atom is 0.143 e. The quantitative estimate of drug-likeness (QED) is 0.151. The molecule has 2 nitrogen and oxygen atoms in total. The lowest BCUT2D eigenvalue weighted by molar-refractivity contribution is 0.674. The minimum absolute atomic E-state index is 0.472. The van der Waals surface area contributed by atoms with Crippen molar-refractivity contribution in [3.05, 3.63) is 307 Å². The first-order chi connectivity index (χ1) is 38.7. The van der Waals surface area contributed by atoms with Crippen LogP contribution in [0.3, 0.4) is 0 Å². The van der Waals surface area contributed by atoms with Gasteiger partial charge in [0.15, 0.2) is 0 Å². The van der Waals surface area contributed by atoms with E-state index in [0.29, 0.717) is 0 Å². The van der Waals surface area contributed by atoms with E-state index in [9.17, 15) is 0 Å². The maximum absolute atomic E-state index is 6.82. The number of nitrogens with zero attached hydrogens (tertiary/aromatic N) is 1. The highest BCUT2D eigenvalue weighted by Gasteiger charge is 2.46. The third-order valence-electron chi connectivity index (χ3n) is 16.6. The molecule has 364 valence electrons. The molecule has 0 amide bonds. The summed E-state index contributed by atoms with van der Waals surface area (Å²) >= 11 is 1.90. The van der Waals surface area contributed by atoms with Crippen molar-refractivity contribution in [3.8, 4) is 44.5 Å². The first kappa shape index (κ1) is 44.5. The van der Waals surface area contributed by atoms with Crippen molar-refractivity contribution >= 4 is 92.1 Å². The highest BCUT2D eigenvalue weighted by atomic mass is 32.1. The average molecular weight is 1010 g/mol. The second-order valence-electron chi connectivity index (χ2n) is 20.6. The van der Waals surface area contributed by atoms with Crippen molar-refractivity contribution in [1.29, 1.82) is 0 Å². The lowest BCUT2D eigenvalue weighted by atomic mass is 9.67. The number of para-hydroxylation sites is 1. The van der Waals surface area contributed by atoms with Gasteiger partial charge in [-0.3, -0.25) is 0 Å². The highest BCUT2D eigenvalue weighted by molar-refractivity contribution is 7.27. The molecule has 1 aliphatic carbocycles. The number of furan rings is 1. The Balaban J connectivity index is 0.823. The number of anilines is 3. The third kappa shape index (κ3) is 6.68. The van der Waals surface area contributed by atoms with Gasteiger partial charge in [0.2, 0.25) is 0 Å². The van der Waals surface area contributed by atoms with Crippen LogP contribution >= 0.6 is 11.3 Å². The first-order valence-electron chi connectivity index (χ1n) is 26.8. The summed E-state index contributed by atoms with van der Waals surface area (Å²) in [6, 6.07) is 105. The van der Waals surface area contributed by atoms with Gasteiger partial charge in [-0.25, -0.2) is 0 Å². The van der Waals surface area contributed by atoms with Crippen LogP contribution in [0.25, 0.3) is 108 Å². The summed E-state index contributed by atoms with van der Waals surface area (Å²) in [7, 11) is 0. The van der Waals surface area contributed by atoms with Gasteiger partial charge in [0.05, 0.1) is 5.41 Å². The van der Waals surface area contributed by atoms with E-state index in [4.69, 9.17) is 4.42 Å². The van der Waals surface area contributed by atoms with Crippen molar-refractivity contribution in [1.82, 2.24) is 0 Å². The van der Waals surface area contributed by atoms with Crippen molar-refractivity contribution in [2.75, 3.05) is 4.90 Å². The van der Waals surface area contributed by atoms with Crippen LogP contribution in [0, 0.1) is 0 Å². The molecule has 15 aromatic rings. The number of hydrogen-bond acceptors (Lipinski definition) is 3. The van der Waals surface area contributed by atoms with Gasteiger partial charge in [0.25, 0.3) is 0 Å². The molecule has 1 aliphatic rings. The molecule has 0 spiro atoms. The van der Waals surface area contributed by atoms with Crippen molar-refractivity contribution < 1.29 is 4.42 Å². The predicted molar refractivity (Wildman–Crippen MR) is 330 cm³/mol. The monoisotopic (exact) mass is 1010 g/mol. The molecule has 0 fully saturated rings. The van der Waals surface area contributed by atoms with E-state index >= 15 is 0 Å². The average Bonchev–Trinajstić information content (AvgIpc) is 4.32. The van der Waals surface area contributed by atoms with E-state index in [1.165, 1.54) is 92.0 Å². The zero-order valence-corrected chi connectivity index (χ0v) is 43.2. The summed E-state index contributed by atoms with van der Waals surface area (Å²) < 4.78 is 9.47. The van der Waals surface area contributed by atoms with Crippen LogP contribution in [-0.4, -0.2) is 0 Å². The summed E-state index contributed by atoms with van der Waals surface area (Å²) in [6.45, 7) is 0. The molecule has 2 aromatic heterocycles. The van der Waals surface area contributed by atoms with Crippen molar-refractivity contribution in [2.24, 2.45) is 0 Å². The van der Waals surface area contributed by atoms with Gasteiger partial charge in [0, 0.05) is 59.0 Å². The predicted octanol–water partition coefficient (Wildman–Crippen LogP) is 21.1. The number of rotatable bonds is 8. The zero-order chi connectivity index (χ0) is 51.3. The molecule has 0 atom stereocenters. The van der Waals surface area contributed by atoms with E-state index in [0.717, 1.165) is 55.5 Å². The van der Waals surface area contributed by atoms with Crippen LogP contribution in [0.4, 0.5) is 17.1 Å². The maximum atomic E-state index is 6.82. The van der Waals surface area contributed by atoms with Crippen LogP contribution in [0.15, 0.2) is 290 Å². The van der Waals surface area contributed by atoms with Gasteiger partial charge in [-0.1, -0.05) is 243 Å². The smallest absolute Gasteiger partial charge is 0.143 e. The fraction of sp³-hybridized carbons (Fsp3) is 0.0133. The first-order valence-corrected chi connectivity index (χ1v) is 27.6. The molecule has 0 radical (unpaired) electrons. The summed E-state index contributed by atoms with van der Waals surface area (Å²) in [5.41, 5.74) is 19.3. The Bertz CT molecular complexity index is 4580. The molecule has 0 N–H and O–H groups in total. The molecular weight excluding hydrogens is 963 g/mol. The minimum atomic E-state index is -0.472. The lowest BCUT2D eigenvalue weighted by Gasteiger charge is -2.34. The van der Waals surface area contributed by atoms with E-state index in [2.05, 4.69) is 290 Å². The van der Waals surface area contributed by atoms with Gasteiger partial charge < -0.3 is 9.32 Å². The molecule has 3 heteroatoms. The van der Waals surface area contributed by atoms with Gasteiger partial charge in [0.1, 0.15) is 11.2 Å². The summed E-state index contributed by atoms with van der Waals surface area (Å²) in [5.74, 6) is 0. The molecule has 0 saturated carbocycles. The van der Waals surface area contributed by atoms with E-state index < -0.39 is 5.41 Å². The third-order valence-corrected chi connectivity index (χ3v) is 17.9. The fourth-order valence-corrected chi connectivity index (χ4v) is 14.4. The standard InChI is InChI=1S/C75H47NOS/c1-3-18-53(19-4-1)75(54-20-5-2-6-21-54)68-30-12-11-24-67(68)70-58(25-15-31-69(70)75)50-32-40-55(41-33-50)76(56-42-34-51(35-43-56)60-26-13-28-63-64-46-38-48-16-7-9-22-59(48)72(64)77-71(60)63)57-44-36-52(37-45-57)62-27-14-29-65-66-47-39-49-17-8-10-23-61(49)74(66)78-73(62)65/h1-47H. The van der Waals surface area contributed by atoms with E-state index in [-0.39, 0.29) is 0 Å². The molecule has 13 aromatic carbocycles. The molecule has 2 heterocycles. The second kappa shape index (κ2) is 17.6. The number of hydrogen-bond donors (Lipinski definition) is 0. The summed E-state index contributed by atoms with van der Waals surface area (Å²) in [5, 5.41) is 9.75. The van der Waals surface area contributed by atoms with E-state index in [1.54, 1.807) is 0 Å². The molecule has 0 saturated heterocycles. The normalized spacial score (nSPS) is 12.7. The van der Waals surface area contributed by atoms with E-state index in [1.807, 2.05) is 11.3 Å². The lowest BCUT2D eigenvalue weighted by Crippen LogP contribution is -2.28. The van der Waals surface area contributed by atoms with Crippen LogP contribution in [0.2, 0.25) is 0 Å². The number of thiophene rings is 1. The Hall–Kier alpha value is -9.80. The molecule has 0 aliphatic heterocycles. The Morgan fingerprint density at radius 1 is 0.282 bits per heavy atom. The van der Waals surface area contributed by atoms with Crippen molar-refractivity contribution in [3.63, 3.8) is 0 Å². The number of fused-ring (bicyclic) bond motifs is 13. The Labute approximate surface area is 456 Å². The van der Waals surface area contributed by atoms with Gasteiger partial charge in [-0.05, 0) is 120 Å². The van der Waals surface area contributed by atoms with Crippen LogP contribution in [0.1, 0.15) is 22.3 Å². The Morgan fingerprint density at radius 2 is 0.731 bits per heavy atom. The zero-order valence-electron chi connectivity index (χ0n) is 42.4. The molecular formula is C75H47NOS. The Morgan fingerprint density at radius 3 is 1.41 bits per heavy atom. The molecule has 16 rings (SSSR count). The van der Waals surface area contributed by atoms with Crippen molar-refractivity contribution in [2.45, 2.75) is 5.41 Å². The minimum Gasteiger partial charge on any atom is -0.455 e. The van der Waals surface area contributed by atoms with Crippen LogP contribution in [-0.2, 0) is 5.41 Å². The molecule has 78 heavy (non-hydrogen) atoms.